The molecule has 20 heavy (non-hydrogen) atoms. The lowest BCUT2D eigenvalue weighted by Gasteiger charge is -2.45. The Morgan fingerprint density at radius 1 is 1.10 bits per heavy atom. The van der Waals surface area contributed by atoms with Crippen LogP contribution in [0, 0.1) is 17.8 Å². The molecule has 2 rings (SSSR count). The van der Waals surface area contributed by atoms with Gasteiger partial charge in [-0.15, -0.1) is 0 Å². The highest BCUT2D eigenvalue weighted by atomic mass is 16.5. The van der Waals surface area contributed by atoms with E-state index in [-0.39, 0.29) is 0 Å². The maximum atomic E-state index is 5.33. The zero-order chi connectivity index (χ0) is 15.0. The van der Waals surface area contributed by atoms with Crippen LogP contribution < -0.4 is 10.1 Å². The van der Waals surface area contributed by atoms with Crippen molar-refractivity contribution in [1.82, 2.24) is 0 Å². The van der Waals surface area contributed by atoms with Gasteiger partial charge in [0.05, 0.1) is 7.11 Å². The van der Waals surface area contributed by atoms with Crippen molar-refractivity contribution >= 4 is 5.69 Å². The lowest BCUT2D eigenvalue weighted by Crippen LogP contribution is -2.40. The van der Waals surface area contributed by atoms with Crippen molar-refractivity contribution in [2.75, 3.05) is 12.4 Å². The van der Waals surface area contributed by atoms with E-state index in [4.69, 9.17) is 4.74 Å². The number of anilines is 1. The summed E-state index contributed by atoms with van der Waals surface area (Å²) in [7, 11) is 1.72. The summed E-state index contributed by atoms with van der Waals surface area (Å²) in [6, 6.07) is 6.92. The zero-order valence-electron chi connectivity index (χ0n) is 13.8. The Morgan fingerprint density at radius 3 is 2.20 bits per heavy atom. The monoisotopic (exact) mass is 275 g/mol. The number of hydrogen-bond acceptors (Lipinski definition) is 2. The van der Waals surface area contributed by atoms with Crippen LogP contribution in [0.4, 0.5) is 5.69 Å². The molecular formula is C18H29NO. The summed E-state index contributed by atoms with van der Waals surface area (Å²) in [5, 5.41) is 3.73. The summed E-state index contributed by atoms with van der Waals surface area (Å²) < 4.78 is 5.33. The summed E-state index contributed by atoms with van der Waals surface area (Å²) in [6.07, 6.45) is 3.78. The molecular weight excluding hydrogens is 246 g/mol. The second-order valence-corrected chi connectivity index (χ2v) is 7.94. The van der Waals surface area contributed by atoms with Gasteiger partial charge >= 0.3 is 0 Å². The van der Waals surface area contributed by atoms with E-state index in [1.807, 2.05) is 0 Å². The number of benzene rings is 1. The van der Waals surface area contributed by atoms with Gasteiger partial charge in [0.1, 0.15) is 5.75 Å². The van der Waals surface area contributed by atoms with Crippen LogP contribution in [-0.4, -0.2) is 13.2 Å². The first-order valence-corrected chi connectivity index (χ1v) is 7.62. The zero-order valence-corrected chi connectivity index (χ0v) is 13.8. The van der Waals surface area contributed by atoms with Crippen molar-refractivity contribution in [3.63, 3.8) is 0 Å². The molecule has 0 unspecified atom stereocenters. The molecule has 0 radical (unpaired) electrons. The van der Waals surface area contributed by atoms with E-state index in [1.165, 1.54) is 30.5 Å². The maximum Gasteiger partial charge on any atom is 0.121 e. The van der Waals surface area contributed by atoms with Gasteiger partial charge in [0.25, 0.3) is 0 Å². The number of ether oxygens (including phenoxy) is 1. The van der Waals surface area contributed by atoms with Crippen molar-refractivity contribution in [1.29, 1.82) is 0 Å². The molecule has 1 aromatic carbocycles. The molecule has 1 aromatic rings. The molecule has 0 amide bonds. The second-order valence-electron chi connectivity index (χ2n) is 7.94. The van der Waals surface area contributed by atoms with Crippen molar-refractivity contribution in [3.05, 3.63) is 23.8 Å². The predicted octanol–water partition coefficient (Wildman–Crippen LogP) is 5.02. The molecule has 1 aliphatic rings. The van der Waals surface area contributed by atoms with Gasteiger partial charge in [0.2, 0.25) is 0 Å². The summed E-state index contributed by atoms with van der Waals surface area (Å²) >= 11 is 0. The summed E-state index contributed by atoms with van der Waals surface area (Å²) in [6.45, 7) is 11.7. The van der Waals surface area contributed by atoms with Gasteiger partial charge in [-0.05, 0) is 60.8 Å². The first-order chi connectivity index (χ1) is 9.21. The minimum atomic E-state index is 0.418. The molecule has 1 saturated carbocycles. The Balaban J connectivity index is 2.11. The molecule has 0 spiro atoms. The third-order valence-corrected chi connectivity index (χ3v) is 4.32. The van der Waals surface area contributed by atoms with Crippen molar-refractivity contribution in [2.45, 2.75) is 59.9 Å². The van der Waals surface area contributed by atoms with Gasteiger partial charge in [0, 0.05) is 11.7 Å². The van der Waals surface area contributed by atoms with Crippen LogP contribution in [0.2, 0.25) is 0 Å². The van der Waals surface area contributed by atoms with E-state index in [2.05, 4.69) is 58.1 Å². The van der Waals surface area contributed by atoms with Gasteiger partial charge in [0.15, 0.2) is 0 Å². The molecule has 2 heteroatoms. The maximum absolute atomic E-state index is 5.33. The molecule has 2 nitrogen and oxygen atoms in total. The number of hydrogen-bond donors (Lipinski definition) is 1. The van der Waals surface area contributed by atoms with Crippen LogP contribution in [0.5, 0.6) is 5.75 Å². The normalized spacial score (nSPS) is 21.5. The molecule has 1 fully saturated rings. The van der Waals surface area contributed by atoms with Gasteiger partial charge in [-0.2, -0.15) is 0 Å². The van der Waals surface area contributed by atoms with E-state index < -0.39 is 0 Å². The Hall–Kier alpha value is -1.18. The molecule has 0 atom stereocenters. The predicted molar refractivity (Wildman–Crippen MR) is 86.6 cm³/mol. The molecule has 0 aliphatic heterocycles. The fourth-order valence-corrected chi connectivity index (χ4v) is 4.15. The Labute approximate surface area is 123 Å². The lowest BCUT2D eigenvalue weighted by molar-refractivity contribution is 0.105. The van der Waals surface area contributed by atoms with Gasteiger partial charge < -0.3 is 10.1 Å². The number of rotatable bonds is 3. The van der Waals surface area contributed by atoms with E-state index in [0.717, 1.165) is 5.75 Å². The summed E-state index contributed by atoms with van der Waals surface area (Å²) in [5.41, 5.74) is 3.23. The second kappa shape index (κ2) is 5.31. The van der Waals surface area contributed by atoms with Crippen molar-refractivity contribution in [3.8, 4) is 5.75 Å². The fourth-order valence-electron chi connectivity index (χ4n) is 4.15. The van der Waals surface area contributed by atoms with Crippen LogP contribution in [0.15, 0.2) is 18.2 Å². The average molecular weight is 275 g/mol. The largest absolute Gasteiger partial charge is 0.496 e. The van der Waals surface area contributed by atoms with Gasteiger partial charge in [-0.1, -0.05) is 27.7 Å². The smallest absolute Gasteiger partial charge is 0.121 e. The van der Waals surface area contributed by atoms with E-state index in [0.29, 0.717) is 16.9 Å². The Morgan fingerprint density at radius 2 is 1.70 bits per heavy atom. The lowest BCUT2D eigenvalue weighted by atomic mass is 9.63. The quantitative estimate of drug-likeness (QED) is 0.836. The van der Waals surface area contributed by atoms with Gasteiger partial charge in [-0.25, -0.2) is 0 Å². The molecule has 0 aromatic heterocycles. The van der Waals surface area contributed by atoms with E-state index in [9.17, 15) is 0 Å². The van der Waals surface area contributed by atoms with Crippen LogP contribution in [-0.2, 0) is 0 Å². The highest BCUT2D eigenvalue weighted by Crippen LogP contribution is 2.46. The third kappa shape index (κ3) is 3.68. The van der Waals surface area contributed by atoms with Crippen molar-refractivity contribution < 1.29 is 4.74 Å². The summed E-state index contributed by atoms with van der Waals surface area (Å²) in [5.74, 6) is 0.958. The van der Waals surface area contributed by atoms with Gasteiger partial charge in [-0.3, -0.25) is 0 Å². The standard InChI is InChI=1S/C18H29NO/c1-13-9-14(7-8-16(13)20-6)19-15-10-17(2,3)12-18(4,5)11-15/h7-9,15,19H,10-12H2,1-6H3. The Kier molecular flexibility index (Phi) is 4.04. The number of nitrogens with one attached hydrogen (secondary N) is 1. The highest BCUT2D eigenvalue weighted by molar-refractivity contribution is 5.51. The first kappa shape index (κ1) is 15.2. The molecule has 1 aliphatic carbocycles. The van der Waals surface area contributed by atoms with Crippen LogP contribution in [0.25, 0.3) is 0 Å². The molecule has 1 N–H and O–H groups in total. The van der Waals surface area contributed by atoms with Crippen LogP contribution in [0.1, 0.15) is 52.5 Å². The SMILES string of the molecule is COc1ccc(NC2CC(C)(C)CC(C)(C)C2)cc1C. The number of methoxy groups -OCH3 is 1. The third-order valence-electron chi connectivity index (χ3n) is 4.32. The Bertz CT molecular complexity index is 460. The number of aryl methyl sites for hydroxylation is 1. The summed E-state index contributed by atoms with van der Waals surface area (Å²) in [4.78, 5) is 0. The van der Waals surface area contributed by atoms with Crippen LogP contribution in [0.3, 0.4) is 0 Å². The fraction of sp³-hybridized carbons (Fsp3) is 0.667. The molecule has 112 valence electrons. The molecule has 0 bridgehead atoms. The van der Waals surface area contributed by atoms with Crippen molar-refractivity contribution in [2.24, 2.45) is 10.8 Å². The first-order valence-electron chi connectivity index (χ1n) is 7.62. The minimum Gasteiger partial charge on any atom is -0.496 e. The molecule has 0 saturated heterocycles. The highest BCUT2D eigenvalue weighted by Gasteiger charge is 2.38. The molecule has 0 heterocycles. The average Bonchev–Trinajstić information content (AvgIpc) is 2.24. The topological polar surface area (TPSA) is 21.3 Å². The minimum absolute atomic E-state index is 0.418. The van der Waals surface area contributed by atoms with Crippen LogP contribution >= 0.6 is 0 Å². The van der Waals surface area contributed by atoms with E-state index in [1.54, 1.807) is 7.11 Å². The van der Waals surface area contributed by atoms with E-state index >= 15 is 0 Å².